The summed E-state index contributed by atoms with van der Waals surface area (Å²) in [6, 6.07) is 0. The van der Waals surface area contributed by atoms with Gasteiger partial charge in [0.25, 0.3) is 0 Å². The van der Waals surface area contributed by atoms with Crippen LogP contribution in [0.5, 0.6) is 0 Å². The second-order valence-corrected chi connectivity index (χ2v) is 1.29. The number of rotatable bonds is 2. The predicted molar refractivity (Wildman–Crippen MR) is 18.9 cm³/mol. The molecule has 0 spiro atoms. The molecule has 1 heterocycles. The van der Waals surface area contributed by atoms with E-state index in [0.29, 0.717) is 6.54 Å². The lowest BCUT2D eigenvalue weighted by atomic mass is 10.5. The lowest BCUT2D eigenvalue weighted by Crippen LogP contribution is -2.08. The molecule has 0 amide bonds. The van der Waals surface area contributed by atoms with E-state index in [1.54, 1.807) is 0 Å². The molecule has 6 heavy (non-hydrogen) atoms. The third-order valence-electron chi connectivity index (χ3n) is 0.707. The van der Waals surface area contributed by atoms with Gasteiger partial charge in [0.2, 0.25) is 0 Å². The fourth-order valence-electron chi connectivity index (χ4n) is 0.272. The molecule has 0 radical (unpaired) electrons. The fraction of sp³-hybridized carbons (Fsp3) is 1.00. The number of nitrogens with one attached hydrogen (secondary N) is 1. The van der Waals surface area contributed by atoms with E-state index in [9.17, 15) is 4.48 Å². The van der Waals surface area contributed by atoms with Crippen molar-refractivity contribution in [2.75, 3.05) is 13.2 Å². The van der Waals surface area contributed by atoms with Crippen molar-refractivity contribution in [3.8, 4) is 0 Å². The monoisotopic (exact) mass is 91.0 g/mol. The molecule has 1 aliphatic heterocycles. The van der Waals surface area contributed by atoms with Gasteiger partial charge in [-0.3, -0.25) is 0 Å². The maximum absolute atomic E-state index is 11.0. The second kappa shape index (κ2) is 1.53. The molecule has 0 aromatic carbocycles. The lowest BCUT2D eigenvalue weighted by molar-refractivity contribution is 0.297. The molecule has 0 aromatic rings. The summed E-state index contributed by atoms with van der Waals surface area (Å²) in [6.45, 7) is 1.07. The zero-order valence-electron chi connectivity index (χ0n) is 3.28. The Kier molecular flexibility index (Phi) is 1.03. The predicted octanol–water partition coefficient (Wildman–Crippen LogP) is -0.141. The first-order chi connectivity index (χ1) is 2.93. The van der Waals surface area contributed by atoms with Gasteiger partial charge in [0.1, 0.15) is 0 Å². The molecule has 1 atom stereocenters. The molecule has 0 aliphatic carbocycles. The van der Waals surface area contributed by atoms with Crippen LogP contribution in [0.2, 0.25) is 0 Å². The summed E-state index contributed by atoms with van der Waals surface area (Å²) in [7, 11) is 0. The highest BCUT2D eigenvalue weighted by Gasteiger charge is 2.21. The van der Waals surface area contributed by atoms with E-state index < -0.39 is 0 Å². The maximum atomic E-state index is 11.0. The molecule has 1 fully saturated rings. The van der Waals surface area contributed by atoms with Gasteiger partial charge in [-0.15, -0.1) is 4.48 Å². The fourth-order valence-corrected chi connectivity index (χ4v) is 0.272. The van der Waals surface area contributed by atoms with Crippen LogP contribution >= 0.6 is 0 Å². The van der Waals surface area contributed by atoms with Gasteiger partial charge in [-0.1, -0.05) is 0 Å². The number of ether oxygens (including phenoxy) is 1. The van der Waals surface area contributed by atoms with Crippen LogP contribution in [0.25, 0.3) is 0 Å². The first kappa shape index (κ1) is 4.02. The van der Waals surface area contributed by atoms with E-state index in [4.69, 9.17) is 0 Å². The summed E-state index contributed by atoms with van der Waals surface area (Å²) in [4.78, 5) is 0. The summed E-state index contributed by atoms with van der Waals surface area (Å²) in [5.41, 5.74) is 1.50. The lowest BCUT2D eigenvalue weighted by Gasteiger charge is -1.80. The summed E-state index contributed by atoms with van der Waals surface area (Å²) in [6.07, 6.45) is 0.162. The Bertz CT molecular complexity index is 46.1. The minimum absolute atomic E-state index is 0.162. The Labute approximate surface area is 35.2 Å². The van der Waals surface area contributed by atoms with Crippen molar-refractivity contribution < 1.29 is 9.22 Å². The Morgan fingerprint density at radius 1 is 2.00 bits per heavy atom. The molecule has 0 bridgehead atoms. The van der Waals surface area contributed by atoms with Crippen LogP contribution in [0, 0.1) is 0 Å². The van der Waals surface area contributed by atoms with Crippen molar-refractivity contribution in [1.29, 1.82) is 0 Å². The van der Waals surface area contributed by atoms with E-state index in [0.717, 1.165) is 6.61 Å². The van der Waals surface area contributed by atoms with Crippen LogP contribution in [0.1, 0.15) is 0 Å². The average Bonchev–Trinajstić information content (AvgIpc) is 2.21. The third-order valence-corrected chi connectivity index (χ3v) is 0.707. The van der Waals surface area contributed by atoms with Crippen molar-refractivity contribution in [3.63, 3.8) is 0 Å². The van der Waals surface area contributed by atoms with Crippen molar-refractivity contribution in [2.24, 2.45) is 0 Å². The number of hydrogen-bond donors (Lipinski definition) is 1. The molecule has 36 valence electrons. The zero-order valence-corrected chi connectivity index (χ0v) is 3.28. The highest BCUT2D eigenvalue weighted by Crippen LogP contribution is 2.05. The van der Waals surface area contributed by atoms with Crippen molar-refractivity contribution in [1.82, 2.24) is 5.54 Å². The van der Waals surface area contributed by atoms with Crippen molar-refractivity contribution >= 4 is 0 Å². The van der Waals surface area contributed by atoms with Crippen LogP contribution in [-0.4, -0.2) is 19.3 Å². The molecule has 0 saturated carbocycles. The minimum atomic E-state index is 0.162. The quantitative estimate of drug-likeness (QED) is 0.378. The summed E-state index contributed by atoms with van der Waals surface area (Å²) in [5.74, 6) is 0. The smallest absolute Gasteiger partial charge is 0.0959 e. The van der Waals surface area contributed by atoms with Crippen LogP contribution in [0.3, 0.4) is 0 Å². The van der Waals surface area contributed by atoms with Crippen molar-refractivity contribution in [3.05, 3.63) is 0 Å². The molecule has 1 unspecified atom stereocenters. The van der Waals surface area contributed by atoms with E-state index in [1.807, 2.05) is 0 Å². The van der Waals surface area contributed by atoms with Gasteiger partial charge >= 0.3 is 0 Å². The SMILES string of the molecule is FNCC1CO1. The number of hydrogen-bond acceptors (Lipinski definition) is 2. The molecule has 1 aliphatic rings. The molecule has 1 N–H and O–H groups in total. The van der Waals surface area contributed by atoms with Gasteiger partial charge in [-0.25, -0.2) is 0 Å². The van der Waals surface area contributed by atoms with Gasteiger partial charge in [-0.05, 0) is 0 Å². The van der Waals surface area contributed by atoms with Gasteiger partial charge in [0.15, 0.2) is 0 Å². The van der Waals surface area contributed by atoms with Crippen LogP contribution in [-0.2, 0) is 4.74 Å². The third kappa shape index (κ3) is 0.914. The first-order valence-corrected chi connectivity index (χ1v) is 1.88. The summed E-state index contributed by atoms with van der Waals surface area (Å²) < 4.78 is 15.6. The first-order valence-electron chi connectivity index (χ1n) is 1.88. The van der Waals surface area contributed by atoms with Gasteiger partial charge in [-0.2, -0.15) is 5.54 Å². The molecule has 1 rings (SSSR count). The van der Waals surface area contributed by atoms with E-state index >= 15 is 0 Å². The highest BCUT2D eigenvalue weighted by molar-refractivity contribution is 4.68. The maximum Gasteiger partial charge on any atom is 0.0959 e. The van der Waals surface area contributed by atoms with Gasteiger partial charge in [0.05, 0.1) is 19.3 Å². The average molecular weight is 91.1 g/mol. The largest absolute Gasteiger partial charge is 0.372 e. The molecular weight excluding hydrogens is 85.0 g/mol. The minimum Gasteiger partial charge on any atom is -0.372 e. The Balaban J connectivity index is 1.88. The summed E-state index contributed by atoms with van der Waals surface area (Å²) in [5, 5.41) is 0. The Morgan fingerprint density at radius 2 is 2.67 bits per heavy atom. The van der Waals surface area contributed by atoms with Crippen molar-refractivity contribution in [2.45, 2.75) is 6.10 Å². The van der Waals surface area contributed by atoms with E-state index in [2.05, 4.69) is 4.74 Å². The highest BCUT2D eigenvalue weighted by atomic mass is 19.2. The van der Waals surface area contributed by atoms with E-state index in [-0.39, 0.29) is 6.10 Å². The molecule has 1 saturated heterocycles. The van der Waals surface area contributed by atoms with Gasteiger partial charge in [0, 0.05) is 0 Å². The number of epoxide rings is 1. The molecule has 3 heteroatoms. The molecular formula is C3H6FNO. The zero-order chi connectivity index (χ0) is 4.41. The number of halogens is 1. The molecule has 2 nitrogen and oxygen atoms in total. The van der Waals surface area contributed by atoms with Crippen LogP contribution in [0.15, 0.2) is 0 Å². The van der Waals surface area contributed by atoms with E-state index in [1.165, 1.54) is 5.54 Å². The Hall–Kier alpha value is -0.150. The topological polar surface area (TPSA) is 24.6 Å². The van der Waals surface area contributed by atoms with Crippen LogP contribution < -0.4 is 5.54 Å². The summed E-state index contributed by atoms with van der Waals surface area (Å²) >= 11 is 0. The normalized spacial score (nSPS) is 30.5. The Morgan fingerprint density at radius 3 is 2.83 bits per heavy atom. The standard InChI is InChI=1S/C3H6FNO/c4-5-1-3-2-6-3/h3,5H,1-2H2. The second-order valence-electron chi connectivity index (χ2n) is 1.29. The molecule has 0 aromatic heterocycles. The van der Waals surface area contributed by atoms with Gasteiger partial charge < -0.3 is 4.74 Å². The van der Waals surface area contributed by atoms with Crippen LogP contribution in [0.4, 0.5) is 4.48 Å².